The van der Waals surface area contributed by atoms with Crippen LogP contribution in [0, 0.1) is 5.92 Å². The van der Waals surface area contributed by atoms with Gasteiger partial charge in [0.1, 0.15) is 5.60 Å². The molecule has 2 atom stereocenters. The number of nitrogens with zero attached hydrogens (tertiary/aromatic N) is 1. The molecule has 2 bridgehead atoms. The van der Waals surface area contributed by atoms with Crippen LogP contribution < -0.4 is 5.32 Å². The van der Waals surface area contributed by atoms with Crippen LogP contribution in [-0.2, 0) is 4.74 Å². The second kappa shape index (κ2) is 9.22. The Labute approximate surface area is 125 Å². The zero-order valence-corrected chi connectivity index (χ0v) is 14.5. The molecule has 3 fully saturated rings. The van der Waals surface area contributed by atoms with Crippen molar-refractivity contribution >= 4 is 6.09 Å². The maximum absolute atomic E-state index is 12.0. The number of amides is 1. The molecule has 4 heteroatoms. The van der Waals surface area contributed by atoms with Gasteiger partial charge in [0.15, 0.2) is 0 Å². The lowest BCUT2D eigenvalue weighted by molar-refractivity contribution is 0.00801. The Morgan fingerprint density at radius 3 is 2.25 bits per heavy atom. The highest BCUT2D eigenvalue weighted by Gasteiger charge is 2.36. The fourth-order valence-corrected chi connectivity index (χ4v) is 2.48. The predicted molar refractivity (Wildman–Crippen MR) is 85.0 cm³/mol. The van der Waals surface area contributed by atoms with Gasteiger partial charge in [-0.15, -0.1) is 0 Å². The van der Waals surface area contributed by atoms with Crippen molar-refractivity contribution < 1.29 is 9.53 Å². The van der Waals surface area contributed by atoms with Crippen LogP contribution in [0.4, 0.5) is 4.79 Å². The molecule has 0 radical (unpaired) electrons. The summed E-state index contributed by atoms with van der Waals surface area (Å²) in [5, 5.41) is 3.41. The van der Waals surface area contributed by atoms with Crippen LogP contribution in [-0.4, -0.2) is 42.3 Å². The minimum atomic E-state index is -0.393. The number of rotatable bonds is 0. The number of carbonyl (C=O) groups excluding carboxylic acids is 1. The van der Waals surface area contributed by atoms with Crippen LogP contribution in [0.3, 0.4) is 0 Å². The molecule has 120 valence electrons. The van der Waals surface area contributed by atoms with Gasteiger partial charge < -0.3 is 15.0 Å². The zero-order valence-electron chi connectivity index (χ0n) is 14.5. The fraction of sp³-hybridized carbons (Fsp3) is 0.938. The highest BCUT2D eigenvalue weighted by atomic mass is 16.6. The van der Waals surface area contributed by atoms with Gasteiger partial charge in [-0.25, -0.2) is 4.79 Å². The maximum Gasteiger partial charge on any atom is 0.410 e. The topological polar surface area (TPSA) is 41.6 Å². The Bertz CT molecular complexity index is 270. The van der Waals surface area contributed by atoms with E-state index in [-0.39, 0.29) is 6.09 Å². The van der Waals surface area contributed by atoms with Crippen LogP contribution in [0.15, 0.2) is 0 Å². The van der Waals surface area contributed by atoms with Crippen molar-refractivity contribution in [3.8, 4) is 0 Å². The summed E-state index contributed by atoms with van der Waals surface area (Å²) in [6, 6.07) is 0.327. The summed E-state index contributed by atoms with van der Waals surface area (Å²) < 4.78 is 5.44. The molecule has 3 rings (SSSR count). The predicted octanol–water partition coefficient (Wildman–Crippen LogP) is 3.66. The third-order valence-corrected chi connectivity index (χ3v) is 3.24. The van der Waals surface area contributed by atoms with E-state index in [0.29, 0.717) is 12.0 Å². The van der Waals surface area contributed by atoms with Gasteiger partial charge in [-0.1, -0.05) is 27.7 Å². The normalized spacial score (nSPS) is 24.6. The number of piperidine rings is 1. The van der Waals surface area contributed by atoms with E-state index in [9.17, 15) is 4.79 Å². The van der Waals surface area contributed by atoms with Crippen molar-refractivity contribution in [2.45, 2.75) is 73.0 Å². The monoisotopic (exact) mass is 286 g/mol. The molecule has 0 aliphatic carbocycles. The van der Waals surface area contributed by atoms with E-state index >= 15 is 0 Å². The van der Waals surface area contributed by atoms with Gasteiger partial charge in [0.05, 0.1) is 0 Å². The third-order valence-electron chi connectivity index (χ3n) is 3.24. The first-order valence-electron chi connectivity index (χ1n) is 8.16. The Kier molecular flexibility index (Phi) is 8.86. The highest BCUT2D eigenvalue weighted by molar-refractivity contribution is 5.68. The average molecular weight is 286 g/mol. The summed E-state index contributed by atoms with van der Waals surface area (Å²) in [5.74, 6) is 0.603. The SMILES string of the molecule is CC.CC.CC(C)(C)OC(=O)N1CC2CCC1CNC2. The largest absolute Gasteiger partial charge is 0.444 e. The van der Waals surface area contributed by atoms with Gasteiger partial charge >= 0.3 is 6.09 Å². The number of nitrogens with one attached hydrogen (secondary N) is 1. The number of hydrogen-bond donors (Lipinski definition) is 1. The quantitative estimate of drug-likeness (QED) is 0.739. The molecule has 0 aromatic carbocycles. The standard InChI is InChI=1S/C12H22N2O2.2C2H6/c1-12(2,3)16-11(15)14-8-9-4-5-10(14)7-13-6-9;2*1-2/h9-10,13H,4-8H2,1-3H3;2*1-2H3. The molecule has 3 aliphatic heterocycles. The molecule has 0 aromatic rings. The Balaban J connectivity index is 0.000000829. The number of hydrogen-bond acceptors (Lipinski definition) is 3. The third kappa shape index (κ3) is 6.12. The van der Waals surface area contributed by atoms with E-state index < -0.39 is 5.60 Å². The zero-order chi connectivity index (χ0) is 15.8. The first-order chi connectivity index (χ1) is 9.46. The van der Waals surface area contributed by atoms with E-state index in [0.717, 1.165) is 26.1 Å². The Hall–Kier alpha value is -0.770. The number of fused-ring (bicyclic) bond motifs is 4. The summed E-state index contributed by atoms with van der Waals surface area (Å²) in [5.41, 5.74) is -0.393. The molecule has 0 saturated carbocycles. The van der Waals surface area contributed by atoms with Crippen LogP contribution in [0.2, 0.25) is 0 Å². The lowest BCUT2D eigenvalue weighted by Crippen LogP contribution is -2.49. The second-order valence-corrected chi connectivity index (χ2v) is 5.89. The number of carbonyl (C=O) groups is 1. The lowest BCUT2D eigenvalue weighted by atomic mass is 9.95. The van der Waals surface area contributed by atoms with Crippen molar-refractivity contribution in [1.29, 1.82) is 0 Å². The van der Waals surface area contributed by atoms with E-state index in [1.807, 2.05) is 53.4 Å². The fourth-order valence-electron chi connectivity index (χ4n) is 2.48. The second-order valence-electron chi connectivity index (χ2n) is 5.89. The van der Waals surface area contributed by atoms with E-state index in [4.69, 9.17) is 4.74 Å². The Morgan fingerprint density at radius 1 is 1.10 bits per heavy atom. The van der Waals surface area contributed by atoms with E-state index in [2.05, 4.69) is 5.32 Å². The molecule has 1 amide bonds. The highest BCUT2D eigenvalue weighted by Crippen LogP contribution is 2.25. The van der Waals surface area contributed by atoms with Crippen LogP contribution in [0.5, 0.6) is 0 Å². The number of ether oxygens (including phenoxy) is 1. The molecule has 1 N–H and O–H groups in total. The van der Waals surface area contributed by atoms with Gasteiger partial charge in [0.25, 0.3) is 0 Å². The van der Waals surface area contributed by atoms with Crippen molar-refractivity contribution in [3.63, 3.8) is 0 Å². The molecule has 20 heavy (non-hydrogen) atoms. The summed E-state index contributed by atoms with van der Waals surface area (Å²) >= 11 is 0. The molecular weight excluding hydrogens is 252 g/mol. The smallest absolute Gasteiger partial charge is 0.410 e. The van der Waals surface area contributed by atoms with Crippen molar-refractivity contribution in [3.05, 3.63) is 0 Å². The van der Waals surface area contributed by atoms with Gasteiger partial charge in [-0.05, 0) is 46.1 Å². The maximum atomic E-state index is 12.0. The molecule has 2 unspecified atom stereocenters. The first kappa shape index (κ1) is 19.2. The minimum Gasteiger partial charge on any atom is -0.444 e. The average Bonchev–Trinajstić information content (AvgIpc) is 2.76. The molecule has 0 aromatic heterocycles. The van der Waals surface area contributed by atoms with Crippen LogP contribution in [0.1, 0.15) is 61.3 Å². The van der Waals surface area contributed by atoms with Gasteiger partial charge in [-0.3, -0.25) is 0 Å². The van der Waals surface area contributed by atoms with E-state index in [1.165, 1.54) is 6.42 Å². The van der Waals surface area contributed by atoms with Crippen molar-refractivity contribution in [2.24, 2.45) is 5.92 Å². The minimum absolute atomic E-state index is 0.147. The molecule has 3 saturated heterocycles. The lowest BCUT2D eigenvalue weighted by Gasteiger charge is -2.37. The van der Waals surface area contributed by atoms with Crippen LogP contribution >= 0.6 is 0 Å². The van der Waals surface area contributed by atoms with Gasteiger partial charge in [-0.2, -0.15) is 0 Å². The van der Waals surface area contributed by atoms with Crippen molar-refractivity contribution in [2.75, 3.05) is 19.6 Å². The first-order valence-corrected chi connectivity index (χ1v) is 8.16. The molecule has 3 aliphatic rings. The van der Waals surface area contributed by atoms with Gasteiger partial charge in [0.2, 0.25) is 0 Å². The van der Waals surface area contributed by atoms with Crippen LogP contribution in [0.25, 0.3) is 0 Å². The van der Waals surface area contributed by atoms with Gasteiger partial charge in [0, 0.05) is 19.1 Å². The molecule has 4 nitrogen and oxygen atoms in total. The molecule has 0 spiro atoms. The van der Waals surface area contributed by atoms with E-state index in [1.54, 1.807) is 0 Å². The van der Waals surface area contributed by atoms with Crippen molar-refractivity contribution in [1.82, 2.24) is 10.2 Å². The summed E-state index contributed by atoms with van der Waals surface area (Å²) in [6.45, 7) is 16.6. The molecular formula is C16H34N2O2. The Morgan fingerprint density at radius 2 is 1.70 bits per heavy atom. The summed E-state index contributed by atoms with van der Waals surface area (Å²) in [6.07, 6.45) is 2.19. The summed E-state index contributed by atoms with van der Waals surface area (Å²) in [4.78, 5) is 13.9. The molecule has 3 heterocycles. The summed E-state index contributed by atoms with van der Waals surface area (Å²) in [7, 11) is 0.